The summed E-state index contributed by atoms with van der Waals surface area (Å²) in [5, 5.41) is 0.0643. The van der Waals surface area contributed by atoms with Gasteiger partial charge in [-0.2, -0.15) is 0 Å². The van der Waals surface area contributed by atoms with Gasteiger partial charge in [0.15, 0.2) is 0 Å². The minimum absolute atomic E-state index is 0.0643. The maximum atomic E-state index is 13.6. The molecule has 0 saturated heterocycles. The van der Waals surface area contributed by atoms with Gasteiger partial charge in [-0.1, -0.05) is 35.9 Å². The molecule has 8 heteroatoms. The molecule has 1 aliphatic rings. The first kappa shape index (κ1) is 22.1. The number of hydrogen-bond acceptors (Lipinski definition) is 3. The summed E-state index contributed by atoms with van der Waals surface area (Å²) in [7, 11) is 0. The summed E-state index contributed by atoms with van der Waals surface area (Å²) in [6, 6.07) is 15.5. The summed E-state index contributed by atoms with van der Waals surface area (Å²) < 4.78 is 16.8. The summed E-state index contributed by atoms with van der Waals surface area (Å²) in [5.41, 5.74) is 4.04. The number of aromatic nitrogens is 3. The van der Waals surface area contributed by atoms with Crippen molar-refractivity contribution in [3.8, 4) is 16.8 Å². The predicted molar refractivity (Wildman–Crippen MR) is 129 cm³/mol. The van der Waals surface area contributed by atoms with Crippen LogP contribution in [-0.4, -0.2) is 31.5 Å². The van der Waals surface area contributed by atoms with Gasteiger partial charge < -0.3 is 14.0 Å². The fourth-order valence-electron chi connectivity index (χ4n) is 4.38. The average molecular weight is 477 g/mol. The van der Waals surface area contributed by atoms with Crippen LogP contribution in [0.1, 0.15) is 34.7 Å². The minimum Gasteiger partial charge on any atom is -0.329 e. The third-order valence-electron chi connectivity index (χ3n) is 6.28. The van der Waals surface area contributed by atoms with Crippen molar-refractivity contribution >= 4 is 17.5 Å². The van der Waals surface area contributed by atoms with Crippen LogP contribution in [0, 0.1) is 12.7 Å². The Balaban J connectivity index is 1.44. The first-order chi connectivity index (χ1) is 16.3. The molecule has 1 aliphatic heterocycles. The van der Waals surface area contributed by atoms with E-state index in [0.717, 1.165) is 22.4 Å². The number of carbonyl (C=O) groups is 1. The highest BCUT2D eigenvalue weighted by molar-refractivity contribution is 6.31. The Kier molecular flexibility index (Phi) is 5.57. The Bertz CT molecular complexity index is 1480. The van der Waals surface area contributed by atoms with E-state index < -0.39 is 5.82 Å². The number of halogens is 2. The van der Waals surface area contributed by atoms with Crippen LogP contribution in [0.5, 0.6) is 0 Å². The van der Waals surface area contributed by atoms with E-state index in [4.69, 9.17) is 11.6 Å². The Hall–Kier alpha value is -3.71. The zero-order chi connectivity index (χ0) is 24.0. The Morgan fingerprint density at radius 2 is 1.82 bits per heavy atom. The number of fused-ring (bicyclic) bond motifs is 1. The van der Waals surface area contributed by atoms with E-state index in [1.165, 1.54) is 10.6 Å². The summed E-state index contributed by atoms with van der Waals surface area (Å²) in [6.07, 6.45) is 3.38. The molecule has 34 heavy (non-hydrogen) atoms. The van der Waals surface area contributed by atoms with Crippen LogP contribution >= 0.6 is 11.6 Å². The first-order valence-corrected chi connectivity index (χ1v) is 11.3. The predicted octanol–water partition coefficient (Wildman–Crippen LogP) is 5.02. The molecule has 0 radical (unpaired) electrons. The molecule has 0 spiro atoms. The van der Waals surface area contributed by atoms with E-state index >= 15 is 0 Å². The van der Waals surface area contributed by atoms with E-state index in [1.807, 2.05) is 38.1 Å². The number of imidazole rings is 1. The molecule has 172 valence electrons. The van der Waals surface area contributed by atoms with E-state index in [-0.39, 0.29) is 22.5 Å². The molecule has 0 aliphatic carbocycles. The van der Waals surface area contributed by atoms with E-state index in [2.05, 4.69) is 4.98 Å². The highest BCUT2D eigenvalue weighted by Crippen LogP contribution is 2.30. The molecule has 0 bridgehead atoms. The molecule has 3 heterocycles. The number of amides is 1. The third-order valence-corrected chi connectivity index (χ3v) is 6.57. The van der Waals surface area contributed by atoms with Crippen molar-refractivity contribution in [2.24, 2.45) is 0 Å². The summed E-state index contributed by atoms with van der Waals surface area (Å²) in [6.45, 7) is 4.63. The highest BCUT2D eigenvalue weighted by Gasteiger charge is 2.30. The lowest BCUT2D eigenvalue weighted by Crippen LogP contribution is -2.45. The Morgan fingerprint density at radius 3 is 2.56 bits per heavy atom. The second kappa shape index (κ2) is 8.57. The number of aryl methyl sites for hydroxylation is 1. The number of nitrogens with zero attached hydrogens (tertiary/aromatic N) is 4. The van der Waals surface area contributed by atoms with Gasteiger partial charge in [0.1, 0.15) is 17.2 Å². The fourth-order valence-corrected chi connectivity index (χ4v) is 4.57. The molecule has 0 saturated carbocycles. The molecule has 4 aromatic rings. The SMILES string of the molecule is Cc1cn(-c2ccc3n(c2=O)CCN([C@@H](C)c2cccc(-c4ccc(F)c(Cl)c4)c2)C3=O)cn1. The van der Waals surface area contributed by atoms with E-state index in [1.54, 1.807) is 46.3 Å². The molecule has 0 N–H and O–H groups in total. The summed E-state index contributed by atoms with van der Waals surface area (Å²) in [4.78, 5) is 32.4. The van der Waals surface area contributed by atoms with Crippen molar-refractivity contribution in [1.82, 2.24) is 19.0 Å². The van der Waals surface area contributed by atoms with E-state index in [0.29, 0.717) is 24.5 Å². The zero-order valence-electron chi connectivity index (χ0n) is 18.7. The zero-order valence-corrected chi connectivity index (χ0v) is 19.5. The van der Waals surface area contributed by atoms with Crippen LogP contribution in [0.4, 0.5) is 4.39 Å². The number of pyridine rings is 1. The molecule has 1 atom stereocenters. The van der Waals surface area contributed by atoms with Crippen molar-refractivity contribution in [3.63, 3.8) is 0 Å². The lowest BCUT2D eigenvalue weighted by Gasteiger charge is -2.34. The summed E-state index contributed by atoms with van der Waals surface area (Å²) >= 11 is 5.96. The van der Waals surface area contributed by atoms with Crippen LogP contribution in [0.2, 0.25) is 5.02 Å². The van der Waals surface area contributed by atoms with Crippen molar-refractivity contribution in [2.75, 3.05) is 6.54 Å². The normalized spacial score (nSPS) is 14.2. The van der Waals surface area contributed by atoms with Gasteiger partial charge in [0, 0.05) is 19.3 Å². The second-order valence-electron chi connectivity index (χ2n) is 8.41. The fraction of sp³-hybridized carbons (Fsp3) is 0.192. The number of carbonyl (C=O) groups excluding carboxylic acids is 1. The van der Waals surface area contributed by atoms with Crippen LogP contribution in [0.15, 0.2) is 71.9 Å². The average Bonchev–Trinajstić information content (AvgIpc) is 3.27. The van der Waals surface area contributed by atoms with Crippen molar-refractivity contribution in [2.45, 2.75) is 26.4 Å². The van der Waals surface area contributed by atoms with Crippen LogP contribution < -0.4 is 5.56 Å². The Morgan fingerprint density at radius 1 is 1.03 bits per heavy atom. The van der Waals surface area contributed by atoms with Gasteiger partial charge in [-0.15, -0.1) is 0 Å². The van der Waals surface area contributed by atoms with Gasteiger partial charge in [-0.25, -0.2) is 9.37 Å². The summed E-state index contributed by atoms with van der Waals surface area (Å²) in [5.74, 6) is -0.659. The quantitative estimate of drug-likeness (QED) is 0.415. The van der Waals surface area contributed by atoms with Crippen LogP contribution in [-0.2, 0) is 6.54 Å². The molecular weight excluding hydrogens is 455 g/mol. The molecule has 6 nitrogen and oxygen atoms in total. The molecule has 0 unspecified atom stereocenters. The van der Waals surface area contributed by atoms with Crippen molar-refractivity contribution in [1.29, 1.82) is 0 Å². The van der Waals surface area contributed by atoms with E-state index in [9.17, 15) is 14.0 Å². The standard InChI is InChI=1S/C26H22ClFN4O2/c1-16-14-30(15-29-16)23-8-9-24-26(34)31(10-11-32(24)25(23)33)17(2)18-4-3-5-19(12-18)20-6-7-22(28)21(27)13-20/h3-9,12-15,17H,10-11H2,1-2H3/t17-/m0/s1. The smallest absolute Gasteiger partial charge is 0.275 e. The third kappa shape index (κ3) is 3.82. The lowest BCUT2D eigenvalue weighted by molar-refractivity contribution is 0.0628. The molecule has 5 rings (SSSR count). The molecule has 0 fully saturated rings. The number of rotatable bonds is 4. The Labute approximate surface area is 200 Å². The van der Waals surface area contributed by atoms with Crippen LogP contribution in [0.3, 0.4) is 0 Å². The van der Waals surface area contributed by atoms with Crippen molar-refractivity contribution in [3.05, 3.63) is 105 Å². The lowest BCUT2D eigenvalue weighted by atomic mass is 9.98. The van der Waals surface area contributed by atoms with Gasteiger partial charge in [0.2, 0.25) is 0 Å². The monoisotopic (exact) mass is 476 g/mol. The van der Waals surface area contributed by atoms with Gasteiger partial charge in [-0.3, -0.25) is 9.59 Å². The number of benzene rings is 2. The largest absolute Gasteiger partial charge is 0.329 e. The number of hydrogen-bond donors (Lipinski definition) is 0. The highest BCUT2D eigenvalue weighted by atomic mass is 35.5. The molecular formula is C26H22ClFN4O2. The van der Waals surface area contributed by atoms with Gasteiger partial charge in [-0.05, 0) is 60.9 Å². The molecule has 2 aromatic heterocycles. The topological polar surface area (TPSA) is 60.1 Å². The molecule has 1 amide bonds. The van der Waals surface area contributed by atoms with Gasteiger partial charge in [0.25, 0.3) is 11.5 Å². The van der Waals surface area contributed by atoms with Gasteiger partial charge in [0.05, 0.1) is 23.1 Å². The van der Waals surface area contributed by atoms with Crippen molar-refractivity contribution < 1.29 is 9.18 Å². The molecule has 2 aromatic carbocycles. The second-order valence-corrected chi connectivity index (χ2v) is 8.82. The van der Waals surface area contributed by atoms with Gasteiger partial charge >= 0.3 is 0 Å². The van der Waals surface area contributed by atoms with Crippen LogP contribution in [0.25, 0.3) is 16.8 Å². The maximum Gasteiger partial charge on any atom is 0.275 e. The minimum atomic E-state index is -0.464. The maximum absolute atomic E-state index is 13.6. The first-order valence-electron chi connectivity index (χ1n) is 10.9.